The predicted molar refractivity (Wildman–Crippen MR) is 104 cm³/mol. The van der Waals surface area contributed by atoms with E-state index in [-0.39, 0.29) is 22.8 Å². The molecular formula is C20H18FN5O2. The number of carbonyl (C=O) groups is 1. The summed E-state index contributed by atoms with van der Waals surface area (Å²) < 4.78 is 20.1. The number of rotatable bonds is 6. The SMILES string of the molecule is C=C(F)/C=C(\C(=C)OC)c1cc(NC(=O)c2cn3ccc(C)cc3n2)ncn1. The van der Waals surface area contributed by atoms with Crippen LogP contribution in [0.2, 0.25) is 0 Å². The molecule has 0 bridgehead atoms. The molecule has 0 spiro atoms. The van der Waals surface area contributed by atoms with E-state index < -0.39 is 11.7 Å². The Bertz CT molecular complexity index is 1120. The molecule has 0 aliphatic rings. The maximum atomic E-state index is 13.3. The maximum Gasteiger partial charge on any atom is 0.277 e. The van der Waals surface area contributed by atoms with E-state index in [2.05, 4.69) is 33.4 Å². The van der Waals surface area contributed by atoms with Gasteiger partial charge >= 0.3 is 0 Å². The molecule has 142 valence electrons. The Morgan fingerprint density at radius 2 is 2.07 bits per heavy atom. The molecule has 3 aromatic rings. The highest BCUT2D eigenvalue weighted by Gasteiger charge is 2.14. The maximum absolute atomic E-state index is 13.3. The third kappa shape index (κ3) is 4.12. The van der Waals surface area contributed by atoms with Crippen LogP contribution in [-0.2, 0) is 4.74 Å². The van der Waals surface area contributed by atoms with Crippen LogP contribution in [0.4, 0.5) is 10.2 Å². The van der Waals surface area contributed by atoms with Crippen molar-refractivity contribution < 1.29 is 13.9 Å². The number of halogens is 1. The molecule has 0 fully saturated rings. The smallest absolute Gasteiger partial charge is 0.277 e. The van der Waals surface area contributed by atoms with Gasteiger partial charge in [-0.1, -0.05) is 13.2 Å². The Morgan fingerprint density at radius 3 is 2.79 bits per heavy atom. The van der Waals surface area contributed by atoms with Crippen molar-refractivity contribution >= 4 is 22.9 Å². The summed E-state index contributed by atoms with van der Waals surface area (Å²) in [5.74, 6) is -0.692. The van der Waals surface area contributed by atoms with Crippen molar-refractivity contribution in [1.82, 2.24) is 19.4 Å². The monoisotopic (exact) mass is 379 g/mol. The zero-order valence-corrected chi connectivity index (χ0v) is 15.4. The van der Waals surface area contributed by atoms with Crippen LogP contribution in [0.25, 0.3) is 11.2 Å². The van der Waals surface area contributed by atoms with Crippen LogP contribution in [0.5, 0.6) is 0 Å². The number of nitrogens with zero attached hydrogens (tertiary/aromatic N) is 4. The van der Waals surface area contributed by atoms with E-state index in [4.69, 9.17) is 4.74 Å². The van der Waals surface area contributed by atoms with E-state index in [9.17, 15) is 9.18 Å². The second kappa shape index (κ2) is 7.83. The number of ether oxygens (including phenoxy) is 1. The Morgan fingerprint density at radius 1 is 1.29 bits per heavy atom. The number of fused-ring (bicyclic) bond motifs is 1. The number of carbonyl (C=O) groups excluding carboxylic acids is 1. The molecule has 3 heterocycles. The van der Waals surface area contributed by atoms with E-state index in [1.807, 2.05) is 25.3 Å². The Hall–Kier alpha value is -3.81. The molecule has 0 radical (unpaired) electrons. The molecule has 0 saturated carbocycles. The zero-order valence-electron chi connectivity index (χ0n) is 15.4. The fourth-order valence-electron chi connectivity index (χ4n) is 2.51. The number of aromatic nitrogens is 4. The van der Waals surface area contributed by atoms with Crippen molar-refractivity contribution in [2.45, 2.75) is 6.92 Å². The Kier molecular flexibility index (Phi) is 5.30. The molecule has 0 aromatic carbocycles. The summed E-state index contributed by atoms with van der Waals surface area (Å²) in [6.07, 6.45) is 5.84. The van der Waals surface area contributed by atoms with Gasteiger partial charge < -0.3 is 14.5 Å². The van der Waals surface area contributed by atoms with Crippen molar-refractivity contribution in [3.05, 3.63) is 84.7 Å². The average molecular weight is 379 g/mol. The highest BCUT2D eigenvalue weighted by molar-refractivity contribution is 6.02. The lowest BCUT2D eigenvalue weighted by Gasteiger charge is -2.10. The fraction of sp³-hybridized carbons (Fsp3) is 0.100. The van der Waals surface area contributed by atoms with Gasteiger partial charge in [0, 0.05) is 24.0 Å². The fourth-order valence-corrected chi connectivity index (χ4v) is 2.51. The quantitative estimate of drug-likeness (QED) is 0.522. The number of nitrogens with one attached hydrogen (secondary N) is 1. The first-order valence-corrected chi connectivity index (χ1v) is 8.26. The molecule has 1 amide bonds. The summed E-state index contributed by atoms with van der Waals surface area (Å²) >= 11 is 0. The zero-order chi connectivity index (χ0) is 20.3. The van der Waals surface area contributed by atoms with Crippen LogP contribution in [0.15, 0.2) is 67.7 Å². The first kappa shape index (κ1) is 19.0. The van der Waals surface area contributed by atoms with Gasteiger partial charge in [0.2, 0.25) is 0 Å². The van der Waals surface area contributed by atoms with E-state index in [1.165, 1.54) is 19.5 Å². The molecule has 1 N–H and O–H groups in total. The van der Waals surface area contributed by atoms with E-state index in [0.717, 1.165) is 11.6 Å². The summed E-state index contributed by atoms with van der Waals surface area (Å²) in [4.78, 5) is 25.0. The topological polar surface area (TPSA) is 81.4 Å². The summed E-state index contributed by atoms with van der Waals surface area (Å²) in [5, 5.41) is 2.66. The van der Waals surface area contributed by atoms with Gasteiger partial charge in [-0.15, -0.1) is 0 Å². The molecule has 0 aliphatic carbocycles. The van der Waals surface area contributed by atoms with Crippen LogP contribution in [0, 0.1) is 6.92 Å². The molecular weight excluding hydrogens is 361 g/mol. The lowest BCUT2D eigenvalue weighted by Crippen LogP contribution is -2.14. The van der Waals surface area contributed by atoms with Crippen molar-refractivity contribution in [2.75, 3.05) is 12.4 Å². The van der Waals surface area contributed by atoms with Gasteiger partial charge in [-0.2, -0.15) is 0 Å². The molecule has 28 heavy (non-hydrogen) atoms. The van der Waals surface area contributed by atoms with Gasteiger partial charge in [0.25, 0.3) is 5.91 Å². The first-order chi connectivity index (χ1) is 13.4. The van der Waals surface area contributed by atoms with E-state index in [1.54, 1.807) is 10.6 Å². The van der Waals surface area contributed by atoms with Crippen molar-refractivity contribution in [1.29, 1.82) is 0 Å². The molecule has 0 atom stereocenters. The van der Waals surface area contributed by atoms with Crippen LogP contribution in [-0.4, -0.2) is 32.4 Å². The number of anilines is 1. The van der Waals surface area contributed by atoms with Crippen molar-refractivity contribution in [2.24, 2.45) is 0 Å². The number of allylic oxidation sites excluding steroid dienone is 3. The molecule has 0 unspecified atom stereocenters. The first-order valence-electron chi connectivity index (χ1n) is 8.26. The Labute approximate surface area is 160 Å². The summed E-state index contributed by atoms with van der Waals surface area (Å²) in [6, 6.07) is 5.27. The number of methoxy groups -OCH3 is 1. The van der Waals surface area contributed by atoms with Crippen LogP contribution >= 0.6 is 0 Å². The number of amides is 1. The van der Waals surface area contributed by atoms with Crippen molar-refractivity contribution in [3.8, 4) is 0 Å². The van der Waals surface area contributed by atoms with Crippen LogP contribution in [0.3, 0.4) is 0 Å². The van der Waals surface area contributed by atoms with E-state index >= 15 is 0 Å². The van der Waals surface area contributed by atoms with Gasteiger partial charge in [0.1, 0.15) is 35.1 Å². The number of imidazole rings is 1. The third-order valence-corrected chi connectivity index (χ3v) is 3.88. The van der Waals surface area contributed by atoms with Crippen molar-refractivity contribution in [3.63, 3.8) is 0 Å². The lowest BCUT2D eigenvalue weighted by molar-refractivity contribution is 0.102. The second-order valence-electron chi connectivity index (χ2n) is 5.97. The molecule has 3 aromatic heterocycles. The highest BCUT2D eigenvalue weighted by Crippen LogP contribution is 2.24. The molecule has 0 aliphatic heterocycles. The lowest BCUT2D eigenvalue weighted by atomic mass is 10.1. The van der Waals surface area contributed by atoms with Crippen LogP contribution < -0.4 is 5.32 Å². The molecule has 3 rings (SSSR count). The number of aryl methyl sites for hydroxylation is 1. The Balaban J connectivity index is 1.88. The summed E-state index contributed by atoms with van der Waals surface area (Å²) in [6.45, 7) is 8.87. The predicted octanol–water partition coefficient (Wildman–Crippen LogP) is 3.71. The third-order valence-electron chi connectivity index (χ3n) is 3.88. The molecule has 8 heteroatoms. The molecule has 0 saturated heterocycles. The largest absolute Gasteiger partial charge is 0.497 e. The number of hydrogen-bond acceptors (Lipinski definition) is 5. The van der Waals surface area contributed by atoms with Gasteiger partial charge in [0.05, 0.1) is 12.8 Å². The summed E-state index contributed by atoms with van der Waals surface area (Å²) in [5.41, 5.74) is 2.55. The minimum absolute atomic E-state index is 0.200. The van der Waals surface area contributed by atoms with Gasteiger partial charge in [-0.05, 0) is 30.7 Å². The summed E-state index contributed by atoms with van der Waals surface area (Å²) in [7, 11) is 1.41. The second-order valence-corrected chi connectivity index (χ2v) is 5.97. The minimum atomic E-state index is -0.683. The van der Waals surface area contributed by atoms with E-state index in [0.29, 0.717) is 11.3 Å². The van der Waals surface area contributed by atoms with Gasteiger partial charge in [0.15, 0.2) is 0 Å². The minimum Gasteiger partial charge on any atom is -0.497 e. The highest BCUT2D eigenvalue weighted by atomic mass is 19.1. The van der Waals surface area contributed by atoms with Gasteiger partial charge in [-0.3, -0.25) is 4.79 Å². The molecule has 7 nitrogen and oxygen atoms in total. The standard InChI is InChI=1S/C20H18FN5O2/c1-12-5-6-26-10-17(24-19(26)7-12)20(27)25-18-9-16(22-11-23-18)15(8-13(2)21)14(3)28-4/h5-11H,2-3H2,1,4H3,(H,22,23,25,27)/b15-8+. The van der Waals surface area contributed by atoms with Crippen LogP contribution in [0.1, 0.15) is 21.7 Å². The normalized spacial score (nSPS) is 11.3. The van der Waals surface area contributed by atoms with Gasteiger partial charge in [-0.25, -0.2) is 19.3 Å². The average Bonchev–Trinajstić information content (AvgIpc) is 3.09. The number of pyridine rings is 1. The number of hydrogen-bond donors (Lipinski definition) is 1.